The Labute approximate surface area is 155 Å². The molecule has 2 N–H and O–H groups in total. The molecule has 1 aromatic carbocycles. The number of carbonyl (C=O) groups excluding carboxylic acids is 1. The molecule has 0 unspecified atom stereocenters. The largest absolute Gasteiger partial charge is 0.397 e. The van der Waals surface area contributed by atoms with E-state index in [1.54, 1.807) is 0 Å². The lowest BCUT2D eigenvalue weighted by atomic mass is 10.1. The fourth-order valence-corrected chi connectivity index (χ4v) is 4.37. The van der Waals surface area contributed by atoms with Gasteiger partial charge in [0.25, 0.3) is 5.91 Å². The van der Waals surface area contributed by atoms with Crippen molar-refractivity contribution >= 4 is 44.7 Å². The zero-order valence-electron chi connectivity index (χ0n) is 13.7. The van der Waals surface area contributed by atoms with Gasteiger partial charge < -0.3 is 10.6 Å². The zero-order valence-corrected chi connectivity index (χ0v) is 15.2. The van der Waals surface area contributed by atoms with Crippen molar-refractivity contribution in [1.29, 1.82) is 0 Å². The number of rotatable bonds is 2. The van der Waals surface area contributed by atoms with Crippen LogP contribution in [0.4, 0.5) is 5.69 Å². The van der Waals surface area contributed by atoms with Crippen LogP contribution < -0.4 is 5.73 Å². The van der Waals surface area contributed by atoms with Gasteiger partial charge in [-0.05, 0) is 43.5 Å². The van der Waals surface area contributed by atoms with Crippen molar-refractivity contribution in [1.82, 2.24) is 9.88 Å². The van der Waals surface area contributed by atoms with Crippen LogP contribution in [0.5, 0.6) is 0 Å². The molecule has 0 atom stereocenters. The molecule has 1 fully saturated rings. The van der Waals surface area contributed by atoms with Crippen molar-refractivity contribution < 1.29 is 4.79 Å². The molecule has 0 aliphatic carbocycles. The smallest absolute Gasteiger partial charge is 0.266 e. The number of hydrogen-bond donors (Lipinski definition) is 1. The van der Waals surface area contributed by atoms with E-state index in [9.17, 15) is 4.79 Å². The number of amides is 1. The van der Waals surface area contributed by atoms with E-state index in [1.165, 1.54) is 17.8 Å². The Morgan fingerprint density at radius 3 is 2.52 bits per heavy atom. The minimum atomic E-state index is 0.0354. The third-order valence-corrected chi connectivity index (χ3v) is 5.93. The maximum Gasteiger partial charge on any atom is 0.266 e. The van der Waals surface area contributed by atoms with E-state index in [1.807, 2.05) is 41.3 Å². The molecule has 1 aliphatic heterocycles. The maximum absolute atomic E-state index is 12.8. The predicted octanol–water partition coefficient (Wildman–Crippen LogP) is 4.83. The van der Waals surface area contributed by atoms with Crippen LogP contribution in [-0.4, -0.2) is 28.9 Å². The number of likely N-dealkylation sites (tertiary alicyclic amines) is 1. The molecule has 128 valence electrons. The summed E-state index contributed by atoms with van der Waals surface area (Å²) >= 11 is 7.33. The Kier molecular flexibility index (Phi) is 4.36. The molecule has 1 saturated heterocycles. The van der Waals surface area contributed by atoms with Crippen molar-refractivity contribution in [3.05, 3.63) is 46.3 Å². The number of aromatic nitrogens is 1. The quantitative estimate of drug-likeness (QED) is 0.702. The predicted molar refractivity (Wildman–Crippen MR) is 104 cm³/mol. The topological polar surface area (TPSA) is 59.2 Å². The normalized spacial score (nSPS) is 14.8. The summed E-state index contributed by atoms with van der Waals surface area (Å²) in [4.78, 5) is 20.8. The first-order valence-corrected chi connectivity index (χ1v) is 9.57. The number of benzene rings is 1. The summed E-state index contributed by atoms with van der Waals surface area (Å²) in [5.41, 5.74) is 8.65. The van der Waals surface area contributed by atoms with Crippen molar-refractivity contribution in [3.63, 3.8) is 0 Å². The number of nitrogens with two attached hydrogens (primary N) is 1. The van der Waals surface area contributed by atoms with Crippen molar-refractivity contribution in [2.24, 2.45) is 0 Å². The van der Waals surface area contributed by atoms with E-state index >= 15 is 0 Å². The van der Waals surface area contributed by atoms with Crippen LogP contribution in [-0.2, 0) is 0 Å². The molecule has 0 bridgehead atoms. The first-order valence-electron chi connectivity index (χ1n) is 8.38. The van der Waals surface area contributed by atoms with E-state index in [4.69, 9.17) is 22.3 Å². The second kappa shape index (κ2) is 6.65. The van der Waals surface area contributed by atoms with E-state index in [2.05, 4.69) is 0 Å². The Balaban J connectivity index is 1.71. The lowest BCUT2D eigenvalue weighted by Crippen LogP contribution is -2.35. The van der Waals surface area contributed by atoms with Gasteiger partial charge in [0.15, 0.2) is 0 Å². The van der Waals surface area contributed by atoms with Crippen molar-refractivity contribution in [2.45, 2.75) is 19.3 Å². The highest BCUT2D eigenvalue weighted by molar-refractivity contribution is 7.21. The summed E-state index contributed by atoms with van der Waals surface area (Å²) < 4.78 is 0. The number of nitrogen functional groups attached to an aromatic ring is 1. The van der Waals surface area contributed by atoms with Gasteiger partial charge in [0.2, 0.25) is 0 Å². The van der Waals surface area contributed by atoms with Crippen LogP contribution in [0.2, 0.25) is 5.02 Å². The highest BCUT2D eigenvalue weighted by Gasteiger charge is 2.24. The minimum absolute atomic E-state index is 0.0354. The number of piperidine rings is 1. The third-order valence-electron chi connectivity index (χ3n) is 4.57. The number of nitrogens with zero attached hydrogens (tertiary/aromatic N) is 2. The van der Waals surface area contributed by atoms with E-state index in [0.717, 1.165) is 47.4 Å². The minimum Gasteiger partial charge on any atom is -0.397 e. The van der Waals surface area contributed by atoms with Gasteiger partial charge in [-0.1, -0.05) is 23.7 Å². The van der Waals surface area contributed by atoms with Crippen LogP contribution in [0, 0.1) is 0 Å². The second-order valence-electron chi connectivity index (χ2n) is 6.25. The second-order valence-corrected chi connectivity index (χ2v) is 7.69. The molecule has 0 radical (unpaired) electrons. The van der Waals surface area contributed by atoms with Gasteiger partial charge in [0, 0.05) is 29.1 Å². The van der Waals surface area contributed by atoms with Crippen molar-refractivity contribution in [3.8, 4) is 11.3 Å². The monoisotopic (exact) mass is 371 g/mol. The first kappa shape index (κ1) is 16.4. The number of halogens is 1. The van der Waals surface area contributed by atoms with Gasteiger partial charge in [0.1, 0.15) is 9.71 Å². The highest BCUT2D eigenvalue weighted by atomic mass is 35.5. The van der Waals surface area contributed by atoms with Crippen LogP contribution >= 0.6 is 22.9 Å². The summed E-state index contributed by atoms with van der Waals surface area (Å²) in [5, 5.41) is 1.54. The van der Waals surface area contributed by atoms with Gasteiger partial charge in [0.05, 0.1) is 11.4 Å². The van der Waals surface area contributed by atoms with Crippen molar-refractivity contribution in [2.75, 3.05) is 18.8 Å². The molecule has 2 aromatic heterocycles. The van der Waals surface area contributed by atoms with Crippen LogP contribution in [0.1, 0.15) is 28.9 Å². The Morgan fingerprint density at radius 2 is 1.80 bits per heavy atom. The lowest BCUT2D eigenvalue weighted by molar-refractivity contribution is 0.0730. The Morgan fingerprint density at radius 1 is 1.08 bits per heavy atom. The van der Waals surface area contributed by atoms with E-state index in [-0.39, 0.29) is 5.91 Å². The van der Waals surface area contributed by atoms with Crippen LogP contribution in [0.15, 0.2) is 36.4 Å². The summed E-state index contributed by atoms with van der Waals surface area (Å²) in [7, 11) is 0. The summed E-state index contributed by atoms with van der Waals surface area (Å²) in [6.07, 6.45) is 3.32. The summed E-state index contributed by atoms with van der Waals surface area (Å²) in [6.45, 7) is 1.63. The van der Waals surface area contributed by atoms with Gasteiger partial charge >= 0.3 is 0 Å². The fraction of sp³-hybridized carbons (Fsp3) is 0.263. The molecule has 0 spiro atoms. The van der Waals surface area contributed by atoms with Crippen LogP contribution in [0.25, 0.3) is 21.5 Å². The molecular weight excluding hydrogens is 354 g/mol. The average molecular weight is 372 g/mol. The van der Waals surface area contributed by atoms with E-state index < -0.39 is 0 Å². The fourth-order valence-electron chi connectivity index (χ4n) is 3.18. The number of anilines is 1. The molecule has 4 nitrogen and oxygen atoms in total. The molecule has 25 heavy (non-hydrogen) atoms. The van der Waals surface area contributed by atoms with Gasteiger partial charge in [-0.25, -0.2) is 4.98 Å². The molecule has 1 aliphatic rings. The van der Waals surface area contributed by atoms with Gasteiger partial charge in [-0.2, -0.15) is 0 Å². The highest BCUT2D eigenvalue weighted by Crippen LogP contribution is 2.35. The molecule has 3 heterocycles. The molecule has 6 heteroatoms. The lowest BCUT2D eigenvalue weighted by Gasteiger charge is -2.26. The number of thiophene rings is 1. The van der Waals surface area contributed by atoms with E-state index in [0.29, 0.717) is 15.6 Å². The zero-order chi connectivity index (χ0) is 17.4. The molecular formula is C19H18ClN3OS. The SMILES string of the molecule is Nc1c(C(=O)N2CCCCC2)sc2nc(-c3ccc(Cl)cc3)ccc12. The molecule has 1 amide bonds. The molecule has 4 rings (SSSR count). The number of fused-ring (bicyclic) bond motifs is 1. The van der Waals surface area contributed by atoms with Gasteiger partial charge in [-0.15, -0.1) is 11.3 Å². The Bertz CT molecular complexity index is 930. The number of hydrogen-bond acceptors (Lipinski definition) is 4. The average Bonchev–Trinajstić information content (AvgIpc) is 2.98. The summed E-state index contributed by atoms with van der Waals surface area (Å²) in [5.74, 6) is 0.0354. The summed E-state index contributed by atoms with van der Waals surface area (Å²) in [6, 6.07) is 11.4. The van der Waals surface area contributed by atoms with Crippen LogP contribution in [0.3, 0.4) is 0 Å². The van der Waals surface area contributed by atoms with Gasteiger partial charge in [-0.3, -0.25) is 4.79 Å². The number of pyridine rings is 1. The third kappa shape index (κ3) is 3.10. The first-order chi connectivity index (χ1) is 12.1. The maximum atomic E-state index is 12.8. The molecule has 0 saturated carbocycles. The standard InChI is InChI=1S/C19H18ClN3OS/c20-13-6-4-12(5-7-13)15-9-8-14-16(21)17(25-18(14)22-15)19(24)23-10-2-1-3-11-23/h4-9H,1-3,10-11,21H2. The molecule has 3 aromatic rings. The Hall–Kier alpha value is -2.11. The number of carbonyl (C=O) groups is 1.